The normalized spacial score (nSPS) is 12.7. The van der Waals surface area contributed by atoms with Crippen LogP contribution in [0.2, 0.25) is 0 Å². The van der Waals surface area contributed by atoms with Crippen LogP contribution in [0, 0.1) is 5.92 Å². The van der Waals surface area contributed by atoms with Gasteiger partial charge in [0.25, 0.3) is 0 Å². The van der Waals surface area contributed by atoms with E-state index in [1.807, 2.05) is 0 Å². The van der Waals surface area contributed by atoms with Gasteiger partial charge in [-0.15, -0.1) is 0 Å². The topological polar surface area (TPSA) is 12.0 Å². The molecule has 0 fully saturated rings. The first-order valence-corrected chi connectivity index (χ1v) is 8.89. The number of benzene rings is 2. The number of rotatable bonds is 7. The molecule has 0 aliphatic rings. The molecule has 124 valence electrons. The van der Waals surface area contributed by atoms with Crippen molar-refractivity contribution < 1.29 is 0 Å². The summed E-state index contributed by atoms with van der Waals surface area (Å²) in [5.41, 5.74) is 5.51. The van der Waals surface area contributed by atoms with Gasteiger partial charge in [0.15, 0.2) is 0 Å². The van der Waals surface area contributed by atoms with E-state index in [4.69, 9.17) is 0 Å². The Kier molecular flexibility index (Phi) is 6.27. The summed E-state index contributed by atoms with van der Waals surface area (Å²) in [7, 11) is 0. The van der Waals surface area contributed by atoms with Crippen LogP contribution in [0.15, 0.2) is 48.5 Å². The van der Waals surface area contributed by atoms with E-state index in [1.54, 1.807) is 0 Å². The Morgan fingerprint density at radius 1 is 0.826 bits per heavy atom. The first kappa shape index (κ1) is 17.6. The summed E-state index contributed by atoms with van der Waals surface area (Å²) in [6.45, 7) is 12.3. The number of hydrogen-bond donors (Lipinski definition) is 1. The first-order valence-electron chi connectivity index (χ1n) is 8.89. The van der Waals surface area contributed by atoms with Crippen LogP contribution in [0.5, 0.6) is 0 Å². The lowest BCUT2D eigenvalue weighted by Gasteiger charge is -2.18. The molecule has 0 aliphatic heterocycles. The Labute approximate surface area is 142 Å². The number of hydrogen-bond acceptors (Lipinski definition) is 1. The second kappa shape index (κ2) is 8.19. The Hall–Kier alpha value is -1.76. The van der Waals surface area contributed by atoms with Crippen LogP contribution in [-0.4, -0.2) is 6.54 Å². The fraction of sp³-hybridized carbons (Fsp3) is 0.455. The van der Waals surface area contributed by atoms with Gasteiger partial charge in [0.2, 0.25) is 0 Å². The lowest BCUT2D eigenvalue weighted by atomic mass is 9.96. The van der Waals surface area contributed by atoms with Crippen LogP contribution in [0.3, 0.4) is 0 Å². The summed E-state index contributed by atoms with van der Waals surface area (Å²) in [6.07, 6.45) is 1.16. The average molecular weight is 309 g/mol. The van der Waals surface area contributed by atoms with Crippen LogP contribution in [-0.2, 0) is 6.42 Å². The lowest BCUT2D eigenvalue weighted by Crippen LogP contribution is -2.11. The maximum atomic E-state index is 3.64. The summed E-state index contributed by atoms with van der Waals surface area (Å²) >= 11 is 0. The zero-order valence-electron chi connectivity index (χ0n) is 15.3. The summed E-state index contributed by atoms with van der Waals surface area (Å²) in [4.78, 5) is 0. The number of para-hydroxylation sites is 1. The fourth-order valence-electron chi connectivity index (χ4n) is 3.00. The zero-order chi connectivity index (χ0) is 16.8. The third-order valence-corrected chi connectivity index (χ3v) is 4.37. The van der Waals surface area contributed by atoms with E-state index >= 15 is 0 Å². The van der Waals surface area contributed by atoms with Gasteiger partial charge in [-0.25, -0.2) is 0 Å². The van der Waals surface area contributed by atoms with E-state index in [9.17, 15) is 0 Å². The molecule has 2 aromatic carbocycles. The minimum atomic E-state index is 0.503. The third kappa shape index (κ3) is 5.13. The van der Waals surface area contributed by atoms with Crippen molar-refractivity contribution in [2.24, 2.45) is 5.92 Å². The molecule has 1 unspecified atom stereocenters. The molecule has 0 saturated carbocycles. The van der Waals surface area contributed by atoms with Crippen LogP contribution < -0.4 is 5.32 Å². The molecule has 0 spiro atoms. The highest BCUT2D eigenvalue weighted by atomic mass is 14.9. The highest BCUT2D eigenvalue weighted by Crippen LogP contribution is 2.25. The van der Waals surface area contributed by atoms with Crippen LogP contribution in [0.25, 0.3) is 0 Å². The SMILES string of the molecule is CC(C)Cc1ccc(C(C)CNc2ccccc2C(C)C)cc1. The molecular formula is C22H31N. The molecule has 1 N–H and O–H groups in total. The molecule has 0 radical (unpaired) electrons. The van der Waals surface area contributed by atoms with Crippen LogP contribution in [0.1, 0.15) is 63.1 Å². The predicted molar refractivity (Wildman–Crippen MR) is 102 cm³/mol. The Bertz CT molecular complexity index is 596. The molecule has 0 aromatic heterocycles. The van der Waals surface area contributed by atoms with Crippen LogP contribution >= 0.6 is 0 Å². The maximum absolute atomic E-state index is 3.64. The molecule has 1 nitrogen and oxygen atoms in total. The first-order chi connectivity index (χ1) is 11.0. The van der Waals surface area contributed by atoms with E-state index in [1.165, 1.54) is 22.4 Å². The van der Waals surface area contributed by atoms with Gasteiger partial charge < -0.3 is 5.32 Å². The largest absolute Gasteiger partial charge is 0.384 e. The molecule has 0 amide bonds. The molecule has 2 rings (SSSR count). The quantitative estimate of drug-likeness (QED) is 0.639. The Morgan fingerprint density at radius 3 is 2.09 bits per heavy atom. The molecule has 0 bridgehead atoms. The molecule has 0 aliphatic carbocycles. The fourth-order valence-corrected chi connectivity index (χ4v) is 3.00. The van der Waals surface area contributed by atoms with Crippen LogP contribution in [0.4, 0.5) is 5.69 Å². The van der Waals surface area contributed by atoms with Gasteiger partial charge in [-0.05, 0) is 46.9 Å². The highest BCUT2D eigenvalue weighted by Gasteiger charge is 2.09. The molecule has 1 atom stereocenters. The summed E-state index contributed by atoms with van der Waals surface area (Å²) in [5.74, 6) is 1.76. The summed E-state index contributed by atoms with van der Waals surface area (Å²) < 4.78 is 0. The van der Waals surface area contributed by atoms with Crippen molar-refractivity contribution in [3.8, 4) is 0 Å². The summed E-state index contributed by atoms with van der Waals surface area (Å²) in [6, 6.07) is 17.8. The van der Waals surface area contributed by atoms with Crippen molar-refractivity contribution in [3.05, 3.63) is 65.2 Å². The monoisotopic (exact) mass is 309 g/mol. The van der Waals surface area contributed by atoms with Gasteiger partial charge in [-0.3, -0.25) is 0 Å². The average Bonchev–Trinajstić information content (AvgIpc) is 2.53. The molecule has 1 heteroatoms. The van der Waals surface area contributed by atoms with Crippen molar-refractivity contribution >= 4 is 5.69 Å². The standard InChI is InChI=1S/C22H31N/c1-16(2)14-19-10-12-20(13-11-19)18(5)15-23-22-9-7-6-8-21(22)17(3)4/h6-13,16-18,23H,14-15H2,1-5H3. The number of nitrogens with one attached hydrogen (secondary N) is 1. The molecule has 2 aromatic rings. The minimum absolute atomic E-state index is 0.503. The van der Waals surface area contributed by atoms with Crippen molar-refractivity contribution in [2.45, 2.75) is 52.9 Å². The van der Waals surface area contributed by atoms with E-state index in [0.717, 1.165) is 13.0 Å². The highest BCUT2D eigenvalue weighted by molar-refractivity contribution is 5.52. The molecule has 23 heavy (non-hydrogen) atoms. The maximum Gasteiger partial charge on any atom is 0.0375 e. The van der Waals surface area contributed by atoms with Gasteiger partial charge in [0.05, 0.1) is 0 Å². The Balaban J connectivity index is 1.98. The third-order valence-electron chi connectivity index (χ3n) is 4.37. The Morgan fingerprint density at radius 2 is 1.48 bits per heavy atom. The van der Waals surface area contributed by atoms with E-state index < -0.39 is 0 Å². The van der Waals surface area contributed by atoms with Gasteiger partial charge in [-0.1, -0.05) is 77.1 Å². The second-order valence-corrected chi connectivity index (χ2v) is 7.36. The van der Waals surface area contributed by atoms with Crippen molar-refractivity contribution in [3.63, 3.8) is 0 Å². The van der Waals surface area contributed by atoms with E-state index in [0.29, 0.717) is 17.8 Å². The number of anilines is 1. The van der Waals surface area contributed by atoms with Gasteiger partial charge in [0.1, 0.15) is 0 Å². The van der Waals surface area contributed by atoms with E-state index in [2.05, 4.69) is 88.5 Å². The van der Waals surface area contributed by atoms with E-state index in [-0.39, 0.29) is 0 Å². The van der Waals surface area contributed by atoms with Gasteiger partial charge in [0, 0.05) is 12.2 Å². The predicted octanol–water partition coefficient (Wildman–Crippen LogP) is 6.22. The van der Waals surface area contributed by atoms with Crippen molar-refractivity contribution in [1.82, 2.24) is 0 Å². The second-order valence-electron chi connectivity index (χ2n) is 7.36. The molecule has 0 heterocycles. The summed E-state index contributed by atoms with van der Waals surface area (Å²) in [5, 5.41) is 3.64. The lowest BCUT2D eigenvalue weighted by molar-refractivity contribution is 0.647. The molecule has 0 saturated heterocycles. The smallest absolute Gasteiger partial charge is 0.0375 e. The van der Waals surface area contributed by atoms with Gasteiger partial charge in [-0.2, -0.15) is 0 Å². The molecular weight excluding hydrogens is 278 g/mol. The van der Waals surface area contributed by atoms with Gasteiger partial charge >= 0.3 is 0 Å². The van der Waals surface area contributed by atoms with Crippen molar-refractivity contribution in [1.29, 1.82) is 0 Å². The van der Waals surface area contributed by atoms with Crippen molar-refractivity contribution in [2.75, 3.05) is 11.9 Å². The zero-order valence-corrected chi connectivity index (χ0v) is 15.3. The minimum Gasteiger partial charge on any atom is -0.384 e.